The average Bonchev–Trinajstić information content (AvgIpc) is 3.20. The molecule has 4 rings (SSSR count). The summed E-state index contributed by atoms with van der Waals surface area (Å²) in [5.74, 6) is 1.49. The summed E-state index contributed by atoms with van der Waals surface area (Å²) in [6.07, 6.45) is 3.59. The van der Waals surface area contributed by atoms with Gasteiger partial charge < -0.3 is 20.1 Å². The Kier molecular flexibility index (Phi) is 8.07. The second kappa shape index (κ2) is 10.2. The zero-order valence-corrected chi connectivity index (χ0v) is 21.3. The zero-order valence-electron chi connectivity index (χ0n) is 19.0. The van der Waals surface area contributed by atoms with Crippen molar-refractivity contribution < 1.29 is 13.9 Å². The molecule has 3 fully saturated rings. The van der Waals surface area contributed by atoms with Gasteiger partial charge in [-0.25, -0.2) is 4.39 Å². The molecule has 2 N–H and O–H groups in total. The van der Waals surface area contributed by atoms with Crippen molar-refractivity contribution in [1.29, 1.82) is 0 Å². The van der Waals surface area contributed by atoms with E-state index in [4.69, 9.17) is 9.47 Å². The SMILES string of the molecule is CN=C(NC1CCN(Cc2ccc(OC)c(F)c2)CC1)NC1C2CCOC2C1(C)C.I. The third-order valence-corrected chi connectivity index (χ3v) is 7.17. The number of benzene rings is 1. The molecule has 6 nitrogen and oxygen atoms in total. The fourth-order valence-electron chi connectivity index (χ4n) is 5.43. The molecule has 2 saturated heterocycles. The van der Waals surface area contributed by atoms with Gasteiger partial charge in [-0.3, -0.25) is 9.89 Å². The number of nitrogens with one attached hydrogen (secondary N) is 2. The number of halogens is 2. The Morgan fingerprint density at radius 2 is 2.00 bits per heavy atom. The van der Waals surface area contributed by atoms with Crippen LogP contribution in [0.15, 0.2) is 23.2 Å². The van der Waals surface area contributed by atoms with Gasteiger partial charge in [0.2, 0.25) is 0 Å². The maximum atomic E-state index is 13.9. The van der Waals surface area contributed by atoms with Crippen molar-refractivity contribution in [2.24, 2.45) is 16.3 Å². The lowest BCUT2D eigenvalue weighted by Crippen LogP contribution is -2.68. The Balaban J connectivity index is 0.00000272. The third kappa shape index (κ3) is 5.11. The molecular formula is C23H36FIN4O2. The number of hydrogen-bond acceptors (Lipinski definition) is 4. The standard InChI is InChI=1S/C23H35FN4O2.HI/c1-23(2)20(17-9-12-30-21(17)23)27-22(25-3)26-16-7-10-28(11-8-16)14-15-5-6-19(29-4)18(24)13-15;/h5-6,13,16-17,20-21H,7-12,14H2,1-4H3,(H2,25,26,27);1H. The second-order valence-corrected chi connectivity index (χ2v) is 9.42. The fourth-order valence-corrected chi connectivity index (χ4v) is 5.43. The molecule has 1 saturated carbocycles. The fraction of sp³-hybridized carbons (Fsp3) is 0.696. The molecule has 3 unspecified atom stereocenters. The predicted octanol–water partition coefficient (Wildman–Crippen LogP) is 3.40. The minimum absolute atomic E-state index is 0. The molecule has 0 spiro atoms. The number of guanidine groups is 1. The van der Waals surface area contributed by atoms with Crippen molar-refractivity contribution in [2.75, 3.05) is 33.9 Å². The average molecular weight is 546 g/mol. The normalized spacial score (nSPS) is 28.3. The molecule has 3 aliphatic rings. The highest BCUT2D eigenvalue weighted by atomic mass is 127. The van der Waals surface area contributed by atoms with Crippen LogP contribution in [0.3, 0.4) is 0 Å². The molecule has 174 valence electrons. The molecule has 3 atom stereocenters. The van der Waals surface area contributed by atoms with Crippen molar-refractivity contribution >= 4 is 29.9 Å². The summed E-state index contributed by atoms with van der Waals surface area (Å²) in [5, 5.41) is 7.30. The highest BCUT2D eigenvalue weighted by Gasteiger charge is 2.59. The van der Waals surface area contributed by atoms with Crippen LogP contribution in [0.2, 0.25) is 0 Å². The van der Waals surface area contributed by atoms with Gasteiger partial charge in [0.15, 0.2) is 17.5 Å². The summed E-state index contributed by atoms with van der Waals surface area (Å²) in [5.41, 5.74) is 1.12. The Bertz CT molecular complexity index is 783. The summed E-state index contributed by atoms with van der Waals surface area (Å²) in [4.78, 5) is 6.86. The summed E-state index contributed by atoms with van der Waals surface area (Å²) in [7, 11) is 3.33. The summed E-state index contributed by atoms with van der Waals surface area (Å²) < 4.78 is 24.9. The maximum absolute atomic E-state index is 13.9. The van der Waals surface area contributed by atoms with Gasteiger partial charge >= 0.3 is 0 Å². The number of rotatable bonds is 5. The molecule has 1 aromatic rings. The van der Waals surface area contributed by atoms with Crippen LogP contribution < -0.4 is 15.4 Å². The molecule has 2 heterocycles. The molecule has 0 amide bonds. The van der Waals surface area contributed by atoms with Crippen LogP contribution in [0, 0.1) is 17.2 Å². The van der Waals surface area contributed by atoms with Crippen LogP contribution in [-0.4, -0.2) is 62.9 Å². The minimum Gasteiger partial charge on any atom is -0.494 e. The van der Waals surface area contributed by atoms with E-state index in [9.17, 15) is 4.39 Å². The van der Waals surface area contributed by atoms with Gasteiger partial charge in [0.25, 0.3) is 0 Å². The van der Waals surface area contributed by atoms with E-state index in [0.717, 1.165) is 57.0 Å². The Morgan fingerprint density at radius 3 is 2.65 bits per heavy atom. The molecule has 0 bridgehead atoms. The van der Waals surface area contributed by atoms with Crippen LogP contribution in [0.5, 0.6) is 5.75 Å². The highest BCUT2D eigenvalue weighted by molar-refractivity contribution is 14.0. The number of nitrogens with zero attached hydrogens (tertiary/aromatic N) is 2. The lowest BCUT2D eigenvalue weighted by atomic mass is 9.57. The Hall–Kier alpha value is -1.13. The zero-order chi connectivity index (χ0) is 21.3. The number of ether oxygens (including phenoxy) is 2. The van der Waals surface area contributed by atoms with Crippen LogP contribution in [0.25, 0.3) is 0 Å². The highest BCUT2D eigenvalue weighted by Crippen LogP contribution is 2.52. The summed E-state index contributed by atoms with van der Waals surface area (Å²) in [6.45, 7) is 8.17. The van der Waals surface area contributed by atoms with E-state index in [1.807, 2.05) is 13.1 Å². The lowest BCUT2D eigenvalue weighted by Gasteiger charge is -2.55. The van der Waals surface area contributed by atoms with E-state index in [2.05, 4.69) is 34.4 Å². The molecular weight excluding hydrogens is 510 g/mol. The molecule has 2 aliphatic heterocycles. The predicted molar refractivity (Wildman–Crippen MR) is 132 cm³/mol. The second-order valence-electron chi connectivity index (χ2n) is 9.42. The van der Waals surface area contributed by atoms with Gasteiger partial charge in [-0.1, -0.05) is 19.9 Å². The topological polar surface area (TPSA) is 58.1 Å². The van der Waals surface area contributed by atoms with E-state index in [0.29, 0.717) is 29.9 Å². The van der Waals surface area contributed by atoms with Crippen LogP contribution in [0.1, 0.15) is 38.7 Å². The number of likely N-dealkylation sites (tertiary alicyclic amines) is 1. The molecule has 1 aromatic carbocycles. The van der Waals surface area contributed by atoms with Crippen molar-refractivity contribution in [3.63, 3.8) is 0 Å². The van der Waals surface area contributed by atoms with Crippen molar-refractivity contribution in [3.8, 4) is 5.75 Å². The van der Waals surface area contributed by atoms with Gasteiger partial charge in [-0.2, -0.15) is 0 Å². The molecule has 0 aromatic heterocycles. The Morgan fingerprint density at radius 1 is 1.26 bits per heavy atom. The van der Waals surface area contributed by atoms with Crippen LogP contribution in [-0.2, 0) is 11.3 Å². The summed E-state index contributed by atoms with van der Waals surface area (Å²) in [6, 6.07) is 6.03. The van der Waals surface area contributed by atoms with Crippen molar-refractivity contribution in [2.45, 2.75) is 57.8 Å². The molecule has 1 aliphatic carbocycles. The number of hydrogen-bond donors (Lipinski definition) is 2. The first-order valence-corrected chi connectivity index (χ1v) is 11.1. The number of piperidine rings is 1. The first-order valence-electron chi connectivity index (χ1n) is 11.1. The van der Waals surface area contributed by atoms with Gasteiger partial charge in [0.1, 0.15) is 0 Å². The largest absolute Gasteiger partial charge is 0.494 e. The van der Waals surface area contributed by atoms with Crippen molar-refractivity contribution in [3.05, 3.63) is 29.6 Å². The van der Waals surface area contributed by atoms with Crippen LogP contribution in [0.4, 0.5) is 4.39 Å². The van der Waals surface area contributed by atoms with Gasteiger partial charge in [0, 0.05) is 56.7 Å². The smallest absolute Gasteiger partial charge is 0.191 e. The van der Waals surface area contributed by atoms with Gasteiger partial charge in [-0.15, -0.1) is 24.0 Å². The maximum Gasteiger partial charge on any atom is 0.191 e. The number of fused-ring (bicyclic) bond motifs is 1. The van der Waals surface area contributed by atoms with Gasteiger partial charge in [0.05, 0.1) is 13.2 Å². The van der Waals surface area contributed by atoms with E-state index < -0.39 is 0 Å². The number of methoxy groups -OCH3 is 1. The quantitative estimate of drug-likeness (QED) is 0.337. The van der Waals surface area contributed by atoms with E-state index in [1.54, 1.807) is 12.1 Å². The van der Waals surface area contributed by atoms with E-state index in [1.165, 1.54) is 7.11 Å². The van der Waals surface area contributed by atoms with Crippen molar-refractivity contribution in [1.82, 2.24) is 15.5 Å². The first-order chi connectivity index (χ1) is 14.4. The van der Waals surface area contributed by atoms with Crippen LogP contribution >= 0.6 is 24.0 Å². The summed E-state index contributed by atoms with van der Waals surface area (Å²) >= 11 is 0. The Labute approximate surface area is 202 Å². The lowest BCUT2D eigenvalue weighted by molar-refractivity contribution is -0.106. The van der Waals surface area contributed by atoms with E-state index >= 15 is 0 Å². The minimum atomic E-state index is -0.296. The molecule has 0 radical (unpaired) electrons. The van der Waals surface area contributed by atoms with Gasteiger partial charge in [-0.05, 0) is 37.0 Å². The van der Waals surface area contributed by atoms with E-state index in [-0.39, 0.29) is 35.2 Å². The third-order valence-electron chi connectivity index (χ3n) is 7.17. The monoisotopic (exact) mass is 546 g/mol. The molecule has 31 heavy (non-hydrogen) atoms. The first kappa shape index (κ1) is 24.5. The molecule has 8 heteroatoms. The number of aliphatic imine (C=N–C) groups is 1.